The van der Waals surface area contributed by atoms with E-state index < -0.39 is 5.97 Å². The van der Waals surface area contributed by atoms with E-state index in [9.17, 15) is 4.79 Å². The summed E-state index contributed by atoms with van der Waals surface area (Å²) in [5.41, 5.74) is 2.01. The predicted octanol–water partition coefficient (Wildman–Crippen LogP) is 3.35. The van der Waals surface area contributed by atoms with Crippen LogP contribution in [-0.2, 0) is 4.74 Å². The standard InChI is InChI=1S/C13H11IO4/c1-16-12-4-3-8(5-11(12)14)9-6-18-7-10(9)13(15)17-2/h3-7H,1-2H3. The number of hydrogen-bond acceptors (Lipinski definition) is 4. The van der Waals surface area contributed by atoms with Crippen LogP contribution in [0.2, 0.25) is 0 Å². The summed E-state index contributed by atoms with van der Waals surface area (Å²) in [5.74, 6) is 0.382. The number of furan rings is 1. The Morgan fingerprint density at radius 3 is 2.67 bits per heavy atom. The first kappa shape index (κ1) is 12.9. The first-order chi connectivity index (χ1) is 8.67. The molecule has 0 aliphatic carbocycles. The second-order valence-electron chi connectivity index (χ2n) is 3.54. The minimum Gasteiger partial charge on any atom is -0.496 e. The van der Waals surface area contributed by atoms with E-state index in [1.165, 1.54) is 19.6 Å². The molecule has 0 spiro atoms. The number of ether oxygens (including phenoxy) is 2. The van der Waals surface area contributed by atoms with Gasteiger partial charge in [0.15, 0.2) is 0 Å². The van der Waals surface area contributed by atoms with Crippen molar-refractivity contribution in [3.8, 4) is 16.9 Å². The molecule has 0 amide bonds. The molecule has 2 aromatic rings. The zero-order valence-corrected chi connectivity index (χ0v) is 12.1. The number of halogens is 1. The normalized spacial score (nSPS) is 10.2. The maximum atomic E-state index is 11.6. The van der Waals surface area contributed by atoms with Gasteiger partial charge in [0.25, 0.3) is 0 Å². The Kier molecular flexibility index (Phi) is 3.90. The number of esters is 1. The molecule has 94 valence electrons. The molecule has 1 heterocycles. The molecule has 18 heavy (non-hydrogen) atoms. The van der Waals surface area contributed by atoms with E-state index in [0.29, 0.717) is 11.1 Å². The Labute approximate surface area is 118 Å². The summed E-state index contributed by atoms with van der Waals surface area (Å²) in [5, 5.41) is 0. The number of methoxy groups -OCH3 is 2. The van der Waals surface area contributed by atoms with Gasteiger partial charge >= 0.3 is 5.97 Å². The average molecular weight is 358 g/mol. The third-order valence-corrected chi connectivity index (χ3v) is 3.37. The fourth-order valence-electron chi connectivity index (χ4n) is 1.62. The van der Waals surface area contributed by atoms with Crippen molar-refractivity contribution < 1.29 is 18.7 Å². The molecule has 0 fully saturated rings. The highest BCUT2D eigenvalue weighted by Crippen LogP contribution is 2.30. The van der Waals surface area contributed by atoms with Crippen LogP contribution < -0.4 is 4.74 Å². The maximum absolute atomic E-state index is 11.6. The second-order valence-corrected chi connectivity index (χ2v) is 4.70. The zero-order valence-electron chi connectivity index (χ0n) is 9.90. The average Bonchev–Trinajstić information content (AvgIpc) is 2.86. The summed E-state index contributed by atoms with van der Waals surface area (Å²) in [4.78, 5) is 11.6. The Morgan fingerprint density at radius 2 is 2.06 bits per heavy atom. The highest BCUT2D eigenvalue weighted by Gasteiger charge is 2.16. The first-order valence-electron chi connectivity index (χ1n) is 5.15. The number of hydrogen-bond donors (Lipinski definition) is 0. The van der Waals surface area contributed by atoms with Gasteiger partial charge in [0.2, 0.25) is 0 Å². The fraction of sp³-hybridized carbons (Fsp3) is 0.154. The summed E-state index contributed by atoms with van der Waals surface area (Å²) in [6, 6.07) is 5.65. The van der Waals surface area contributed by atoms with Crippen molar-refractivity contribution in [1.82, 2.24) is 0 Å². The third kappa shape index (κ3) is 2.35. The van der Waals surface area contributed by atoms with Crippen LogP contribution in [-0.4, -0.2) is 20.2 Å². The largest absolute Gasteiger partial charge is 0.496 e. The molecule has 5 heteroatoms. The van der Waals surface area contributed by atoms with Gasteiger partial charge in [-0.25, -0.2) is 4.79 Å². The smallest absolute Gasteiger partial charge is 0.341 e. The zero-order chi connectivity index (χ0) is 13.1. The molecule has 0 atom stereocenters. The van der Waals surface area contributed by atoms with Crippen LogP contribution in [0.3, 0.4) is 0 Å². The molecule has 0 bridgehead atoms. The molecule has 0 saturated carbocycles. The maximum Gasteiger partial charge on any atom is 0.341 e. The Hall–Kier alpha value is -1.50. The quantitative estimate of drug-likeness (QED) is 0.624. The van der Waals surface area contributed by atoms with Crippen LogP contribution in [0.25, 0.3) is 11.1 Å². The lowest BCUT2D eigenvalue weighted by atomic mass is 10.0. The molecule has 4 nitrogen and oxygen atoms in total. The molecule has 0 N–H and O–H groups in total. The topological polar surface area (TPSA) is 48.7 Å². The molecule has 1 aromatic carbocycles. The second kappa shape index (κ2) is 5.43. The van der Waals surface area contributed by atoms with E-state index in [1.807, 2.05) is 18.2 Å². The lowest BCUT2D eigenvalue weighted by Crippen LogP contribution is -2.01. The third-order valence-electron chi connectivity index (χ3n) is 2.53. The minimum atomic E-state index is -0.412. The molecule has 0 radical (unpaired) electrons. The van der Waals surface area contributed by atoms with E-state index in [-0.39, 0.29) is 0 Å². The van der Waals surface area contributed by atoms with Gasteiger partial charge in [0.1, 0.15) is 17.6 Å². The first-order valence-corrected chi connectivity index (χ1v) is 6.23. The molecule has 0 aliphatic heterocycles. The van der Waals surface area contributed by atoms with E-state index in [1.54, 1.807) is 7.11 Å². The predicted molar refractivity (Wildman–Crippen MR) is 74.8 cm³/mol. The monoisotopic (exact) mass is 358 g/mol. The number of carbonyl (C=O) groups excluding carboxylic acids is 1. The molecule has 2 rings (SSSR count). The lowest BCUT2D eigenvalue weighted by molar-refractivity contribution is 0.0600. The number of carbonyl (C=O) groups is 1. The SMILES string of the molecule is COC(=O)c1cocc1-c1ccc(OC)c(I)c1. The summed E-state index contributed by atoms with van der Waals surface area (Å²) in [7, 11) is 2.96. The highest BCUT2D eigenvalue weighted by atomic mass is 127. The van der Waals surface area contributed by atoms with Crippen molar-refractivity contribution in [2.24, 2.45) is 0 Å². The molecule has 1 aromatic heterocycles. The van der Waals surface area contributed by atoms with E-state index in [0.717, 1.165) is 14.9 Å². The van der Waals surface area contributed by atoms with Crippen molar-refractivity contribution in [3.05, 3.63) is 39.9 Å². The van der Waals surface area contributed by atoms with E-state index in [4.69, 9.17) is 13.9 Å². The summed E-state index contributed by atoms with van der Waals surface area (Å²) in [6.07, 6.45) is 2.92. The number of rotatable bonds is 3. The van der Waals surface area contributed by atoms with Crippen LogP contribution >= 0.6 is 22.6 Å². The van der Waals surface area contributed by atoms with Crippen LogP contribution in [0.5, 0.6) is 5.75 Å². The molecular weight excluding hydrogens is 347 g/mol. The summed E-state index contributed by atoms with van der Waals surface area (Å²) < 4.78 is 15.9. The van der Waals surface area contributed by atoms with Gasteiger partial charge in [-0.1, -0.05) is 6.07 Å². The van der Waals surface area contributed by atoms with Crippen molar-refractivity contribution in [3.63, 3.8) is 0 Å². The van der Waals surface area contributed by atoms with Gasteiger partial charge in [-0.05, 0) is 40.3 Å². The van der Waals surface area contributed by atoms with Gasteiger partial charge in [-0.15, -0.1) is 0 Å². The molecule has 0 unspecified atom stereocenters. The highest BCUT2D eigenvalue weighted by molar-refractivity contribution is 14.1. The van der Waals surface area contributed by atoms with Crippen LogP contribution in [0.4, 0.5) is 0 Å². The van der Waals surface area contributed by atoms with Gasteiger partial charge in [0.05, 0.1) is 24.1 Å². The van der Waals surface area contributed by atoms with Gasteiger partial charge in [0, 0.05) is 5.56 Å². The summed E-state index contributed by atoms with van der Waals surface area (Å²) >= 11 is 2.18. The molecule has 0 aliphatic rings. The fourth-order valence-corrected chi connectivity index (χ4v) is 2.36. The van der Waals surface area contributed by atoms with Crippen molar-refractivity contribution in [2.75, 3.05) is 14.2 Å². The van der Waals surface area contributed by atoms with Crippen molar-refractivity contribution in [1.29, 1.82) is 0 Å². The Morgan fingerprint density at radius 1 is 1.28 bits per heavy atom. The van der Waals surface area contributed by atoms with Gasteiger partial charge in [-0.3, -0.25) is 0 Å². The molecular formula is C13H11IO4. The van der Waals surface area contributed by atoms with Crippen LogP contribution in [0.15, 0.2) is 35.1 Å². The van der Waals surface area contributed by atoms with Gasteiger partial charge in [-0.2, -0.15) is 0 Å². The lowest BCUT2D eigenvalue weighted by Gasteiger charge is -2.06. The van der Waals surface area contributed by atoms with Crippen LogP contribution in [0, 0.1) is 3.57 Å². The minimum absolute atomic E-state index is 0.412. The summed E-state index contributed by atoms with van der Waals surface area (Å²) in [6.45, 7) is 0. The van der Waals surface area contributed by atoms with Crippen LogP contribution in [0.1, 0.15) is 10.4 Å². The van der Waals surface area contributed by atoms with Crippen molar-refractivity contribution >= 4 is 28.6 Å². The number of benzene rings is 1. The Balaban J connectivity index is 2.46. The Bertz CT molecular complexity index is 574. The van der Waals surface area contributed by atoms with Crippen molar-refractivity contribution in [2.45, 2.75) is 0 Å². The van der Waals surface area contributed by atoms with E-state index >= 15 is 0 Å². The van der Waals surface area contributed by atoms with Gasteiger partial charge < -0.3 is 13.9 Å². The molecule has 0 saturated heterocycles. The van der Waals surface area contributed by atoms with E-state index in [2.05, 4.69) is 22.6 Å².